The van der Waals surface area contributed by atoms with E-state index < -0.39 is 5.97 Å². The van der Waals surface area contributed by atoms with Gasteiger partial charge in [-0.25, -0.2) is 4.79 Å². The summed E-state index contributed by atoms with van der Waals surface area (Å²) < 4.78 is 4.94. The maximum atomic E-state index is 11.7. The van der Waals surface area contributed by atoms with Crippen molar-refractivity contribution in [3.63, 3.8) is 0 Å². The quantitative estimate of drug-likeness (QED) is 0.476. The van der Waals surface area contributed by atoms with E-state index in [0.29, 0.717) is 12.2 Å². The Morgan fingerprint density at radius 1 is 1.05 bits per heavy atom. The Balaban J connectivity index is 1.61. The van der Waals surface area contributed by atoms with Crippen LogP contribution in [-0.2, 0) is 14.5 Å². The second-order valence-electron chi connectivity index (χ2n) is 4.55. The summed E-state index contributed by atoms with van der Waals surface area (Å²) in [7, 11) is 0. The van der Waals surface area contributed by atoms with E-state index in [9.17, 15) is 4.79 Å². The average molecular weight is 270 g/mol. The SMILES string of the molecule is O=C(OOCC1CO1)c1ccc(-c2ccccc2)cc1. The summed E-state index contributed by atoms with van der Waals surface area (Å²) in [6.45, 7) is 0.956. The van der Waals surface area contributed by atoms with E-state index in [-0.39, 0.29) is 12.7 Å². The van der Waals surface area contributed by atoms with Crippen LogP contribution in [0.1, 0.15) is 10.4 Å². The molecule has 1 aliphatic rings. The minimum absolute atomic E-state index is 0.0725. The lowest BCUT2D eigenvalue weighted by Crippen LogP contribution is -2.09. The van der Waals surface area contributed by atoms with E-state index in [1.807, 2.05) is 42.5 Å². The molecule has 1 saturated heterocycles. The molecule has 1 aliphatic heterocycles. The molecule has 0 bridgehead atoms. The zero-order chi connectivity index (χ0) is 13.8. The molecule has 3 rings (SSSR count). The highest BCUT2D eigenvalue weighted by atomic mass is 17.2. The van der Waals surface area contributed by atoms with E-state index in [2.05, 4.69) is 0 Å². The minimum atomic E-state index is -0.495. The number of epoxide rings is 1. The number of rotatable bonds is 5. The molecule has 4 nitrogen and oxygen atoms in total. The molecule has 2 aromatic carbocycles. The smallest absolute Gasteiger partial charge is 0.370 e. The molecule has 1 heterocycles. The van der Waals surface area contributed by atoms with Crippen molar-refractivity contribution in [3.05, 3.63) is 60.2 Å². The molecule has 0 aliphatic carbocycles. The van der Waals surface area contributed by atoms with Crippen LogP contribution in [-0.4, -0.2) is 25.3 Å². The normalized spacial score (nSPS) is 16.7. The van der Waals surface area contributed by atoms with Gasteiger partial charge in [-0.2, -0.15) is 4.89 Å². The first-order valence-corrected chi connectivity index (χ1v) is 6.44. The molecular formula is C16H14O4. The van der Waals surface area contributed by atoms with Gasteiger partial charge in [-0.05, 0) is 23.3 Å². The van der Waals surface area contributed by atoms with Gasteiger partial charge in [-0.15, -0.1) is 0 Å². The van der Waals surface area contributed by atoms with Crippen molar-refractivity contribution in [1.82, 2.24) is 0 Å². The lowest BCUT2D eigenvalue weighted by Gasteiger charge is -2.04. The molecule has 0 spiro atoms. The first kappa shape index (κ1) is 12.8. The summed E-state index contributed by atoms with van der Waals surface area (Å²) in [5.74, 6) is -0.495. The maximum absolute atomic E-state index is 11.7. The highest BCUT2D eigenvalue weighted by molar-refractivity contribution is 5.89. The van der Waals surface area contributed by atoms with Crippen LogP contribution in [0.25, 0.3) is 11.1 Å². The molecule has 102 valence electrons. The van der Waals surface area contributed by atoms with Crippen LogP contribution in [0.15, 0.2) is 54.6 Å². The van der Waals surface area contributed by atoms with Gasteiger partial charge >= 0.3 is 5.97 Å². The third-order valence-electron chi connectivity index (χ3n) is 3.02. The summed E-state index contributed by atoms with van der Waals surface area (Å²) in [6.07, 6.45) is 0.0725. The Bertz CT molecular complexity index is 573. The molecule has 1 unspecified atom stereocenters. The fourth-order valence-corrected chi connectivity index (χ4v) is 1.81. The summed E-state index contributed by atoms with van der Waals surface area (Å²) >= 11 is 0. The van der Waals surface area contributed by atoms with Gasteiger partial charge in [0.1, 0.15) is 12.7 Å². The van der Waals surface area contributed by atoms with Crippen LogP contribution in [0.5, 0.6) is 0 Å². The molecule has 2 aromatic rings. The number of hydrogen-bond acceptors (Lipinski definition) is 4. The summed E-state index contributed by atoms with van der Waals surface area (Å²) in [4.78, 5) is 21.2. The summed E-state index contributed by atoms with van der Waals surface area (Å²) in [6, 6.07) is 17.2. The molecular weight excluding hydrogens is 256 g/mol. The van der Waals surface area contributed by atoms with Crippen LogP contribution in [0.2, 0.25) is 0 Å². The predicted molar refractivity (Wildman–Crippen MR) is 73.0 cm³/mol. The predicted octanol–water partition coefficient (Wildman–Crippen LogP) is 2.84. The molecule has 0 saturated carbocycles. The van der Waals surface area contributed by atoms with Crippen LogP contribution in [0, 0.1) is 0 Å². The molecule has 0 aromatic heterocycles. The van der Waals surface area contributed by atoms with Crippen molar-refractivity contribution in [2.24, 2.45) is 0 Å². The maximum Gasteiger partial charge on any atom is 0.373 e. The van der Waals surface area contributed by atoms with E-state index in [4.69, 9.17) is 14.5 Å². The Kier molecular flexibility index (Phi) is 3.76. The van der Waals surface area contributed by atoms with E-state index >= 15 is 0 Å². The van der Waals surface area contributed by atoms with Crippen molar-refractivity contribution in [1.29, 1.82) is 0 Å². The second-order valence-corrected chi connectivity index (χ2v) is 4.55. The molecule has 20 heavy (non-hydrogen) atoms. The van der Waals surface area contributed by atoms with Gasteiger partial charge in [0.25, 0.3) is 0 Å². The molecule has 4 heteroatoms. The Labute approximate surface area is 116 Å². The fraction of sp³-hybridized carbons (Fsp3) is 0.188. The second kappa shape index (κ2) is 5.86. The standard InChI is InChI=1S/C16H14O4/c17-16(20-19-11-15-10-18-15)14-8-6-13(7-9-14)12-4-2-1-3-5-12/h1-9,15H,10-11H2. The molecule has 1 atom stereocenters. The highest BCUT2D eigenvalue weighted by Crippen LogP contribution is 2.19. The van der Waals surface area contributed by atoms with Crippen molar-refractivity contribution < 1.29 is 19.3 Å². The summed E-state index contributed by atoms with van der Waals surface area (Å²) in [5, 5.41) is 0. The monoisotopic (exact) mass is 270 g/mol. The zero-order valence-electron chi connectivity index (χ0n) is 10.8. The van der Waals surface area contributed by atoms with Gasteiger partial charge in [-0.1, -0.05) is 42.5 Å². The van der Waals surface area contributed by atoms with Crippen LogP contribution >= 0.6 is 0 Å². The first-order valence-electron chi connectivity index (χ1n) is 6.44. The van der Waals surface area contributed by atoms with Crippen LogP contribution in [0.4, 0.5) is 0 Å². The van der Waals surface area contributed by atoms with E-state index in [1.54, 1.807) is 12.1 Å². The Hall–Kier alpha value is -2.17. The van der Waals surface area contributed by atoms with Gasteiger partial charge in [0.05, 0.1) is 12.2 Å². The minimum Gasteiger partial charge on any atom is -0.370 e. The molecule has 0 radical (unpaired) electrons. The van der Waals surface area contributed by atoms with Gasteiger partial charge in [-0.3, -0.25) is 4.89 Å². The van der Waals surface area contributed by atoms with Gasteiger partial charge in [0.15, 0.2) is 0 Å². The number of benzene rings is 2. The lowest BCUT2D eigenvalue weighted by atomic mass is 10.0. The molecule has 0 N–H and O–H groups in total. The topological polar surface area (TPSA) is 48.1 Å². The third-order valence-corrected chi connectivity index (χ3v) is 3.02. The highest BCUT2D eigenvalue weighted by Gasteiger charge is 2.23. The average Bonchev–Trinajstić information content (AvgIpc) is 3.32. The number of carbonyl (C=O) groups excluding carboxylic acids is 1. The molecule has 0 amide bonds. The largest absolute Gasteiger partial charge is 0.373 e. The van der Waals surface area contributed by atoms with Crippen molar-refractivity contribution >= 4 is 5.97 Å². The fourth-order valence-electron chi connectivity index (χ4n) is 1.81. The van der Waals surface area contributed by atoms with Gasteiger partial charge in [0, 0.05) is 0 Å². The lowest BCUT2D eigenvalue weighted by molar-refractivity contribution is -0.242. The van der Waals surface area contributed by atoms with Crippen molar-refractivity contribution in [3.8, 4) is 11.1 Å². The molecule has 1 fully saturated rings. The Morgan fingerprint density at radius 3 is 2.35 bits per heavy atom. The Morgan fingerprint density at radius 2 is 1.70 bits per heavy atom. The van der Waals surface area contributed by atoms with Crippen LogP contribution in [0.3, 0.4) is 0 Å². The summed E-state index contributed by atoms with van der Waals surface area (Å²) in [5.41, 5.74) is 2.62. The van der Waals surface area contributed by atoms with Crippen molar-refractivity contribution in [2.75, 3.05) is 13.2 Å². The number of hydrogen-bond donors (Lipinski definition) is 0. The first-order chi connectivity index (χ1) is 9.83. The van der Waals surface area contributed by atoms with E-state index in [1.165, 1.54) is 0 Å². The zero-order valence-corrected chi connectivity index (χ0v) is 10.8. The number of ether oxygens (including phenoxy) is 1. The van der Waals surface area contributed by atoms with Crippen LogP contribution < -0.4 is 0 Å². The van der Waals surface area contributed by atoms with Crippen molar-refractivity contribution in [2.45, 2.75) is 6.10 Å². The number of carbonyl (C=O) groups is 1. The van der Waals surface area contributed by atoms with Gasteiger partial charge in [0.2, 0.25) is 0 Å². The van der Waals surface area contributed by atoms with Gasteiger partial charge < -0.3 is 4.74 Å². The van der Waals surface area contributed by atoms with E-state index in [0.717, 1.165) is 11.1 Å². The third kappa shape index (κ3) is 3.23.